The standard InChI is InChI=1S/2C7H7O.Ru/c2*1-6(8)7-4-2-3-5-7;/h2*2-5H,1H3;/q;;+2. The van der Waals surface area contributed by atoms with Crippen LogP contribution in [0, 0.1) is 63.2 Å². The van der Waals surface area contributed by atoms with Crippen molar-refractivity contribution in [1.29, 1.82) is 0 Å². The van der Waals surface area contributed by atoms with E-state index in [2.05, 4.69) is 0 Å². The summed E-state index contributed by atoms with van der Waals surface area (Å²) in [6.07, 6.45) is 14.7. The van der Waals surface area contributed by atoms with Gasteiger partial charge in [-0.1, -0.05) is 0 Å². The molecule has 0 spiro atoms. The Labute approximate surface area is 118 Å². The quantitative estimate of drug-likeness (QED) is 0.730. The molecule has 0 unspecified atom stereocenters. The Hall–Kier alpha value is -0.0366. The zero-order valence-corrected chi connectivity index (χ0v) is 11.5. The van der Waals surface area contributed by atoms with Crippen molar-refractivity contribution in [3.8, 4) is 0 Å². The van der Waals surface area contributed by atoms with Crippen LogP contribution in [-0.4, -0.2) is 11.6 Å². The first-order chi connectivity index (χ1) is 7.61. The van der Waals surface area contributed by atoms with Crippen LogP contribution in [0.2, 0.25) is 0 Å². The Morgan fingerprint density at radius 2 is 0.941 bits per heavy atom. The van der Waals surface area contributed by atoms with Gasteiger partial charge >= 0.3 is 19.5 Å². The van der Waals surface area contributed by atoms with Crippen molar-refractivity contribution in [2.24, 2.45) is 0 Å². The van der Waals surface area contributed by atoms with Gasteiger partial charge in [0, 0.05) is 11.8 Å². The second kappa shape index (κ2) is 8.97. The van der Waals surface area contributed by atoms with E-state index in [-0.39, 0.29) is 31.0 Å². The van der Waals surface area contributed by atoms with Crippen molar-refractivity contribution in [3.05, 3.63) is 63.2 Å². The van der Waals surface area contributed by atoms with Crippen molar-refractivity contribution < 1.29 is 29.1 Å². The number of carbonyl (C=O) groups is 2. The summed E-state index contributed by atoms with van der Waals surface area (Å²) in [6, 6.07) is 0. The summed E-state index contributed by atoms with van der Waals surface area (Å²) in [7, 11) is 0. The van der Waals surface area contributed by atoms with Gasteiger partial charge in [0.2, 0.25) is 0 Å². The summed E-state index contributed by atoms with van der Waals surface area (Å²) in [5.74, 6) is 1.86. The molecule has 0 aliphatic heterocycles. The maximum Gasteiger partial charge on any atom is 2.00 e. The van der Waals surface area contributed by atoms with Crippen LogP contribution in [0.1, 0.15) is 13.8 Å². The van der Waals surface area contributed by atoms with E-state index < -0.39 is 0 Å². The van der Waals surface area contributed by atoms with Gasteiger partial charge in [0.1, 0.15) is 11.6 Å². The average molecular weight is 315 g/mol. The Morgan fingerprint density at radius 3 is 1.06 bits per heavy atom. The second-order valence-electron chi connectivity index (χ2n) is 3.46. The first kappa shape index (κ1) is 17.0. The smallest absolute Gasteiger partial charge is 0.299 e. The summed E-state index contributed by atoms with van der Waals surface area (Å²) in [5, 5.41) is 0. The molecule has 0 amide bonds. The van der Waals surface area contributed by atoms with Crippen LogP contribution in [0.4, 0.5) is 0 Å². The number of hydrogen-bond acceptors (Lipinski definition) is 2. The van der Waals surface area contributed by atoms with Gasteiger partial charge in [0.15, 0.2) is 0 Å². The average Bonchev–Trinajstić information content (AvgIpc) is 2.93. The molecule has 0 saturated heterocycles. The number of ketones is 2. The van der Waals surface area contributed by atoms with Gasteiger partial charge in [-0.05, 0) is 65.2 Å². The van der Waals surface area contributed by atoms with E-state index in [0.29, 0.717) is 0 Å². The van der Waals surface area contributed by atoms with Gasteiger partial charge in [0.05, 0.1) is 0 Å². The largest absolute Gasteiger partial charge is 2.00 e. The minimum Gasteiger partial charge on any atom is -0.299 e. The van der Waals surface area contributed by atoms with Gasteiger partial charge in [-0.25, -0.2) is 0 Å². The van der Waals surface area contributed by atoms with Crippen molar-refractivity contribution >= 4 is 11.6 Å². The third-order valence-corrected chi connectivity index (χ3v) is 2.14. The molecule has 2 aliphatic carbocycles. The minimum absolute atomic E-state index is 0. The van der Waals surface area contributed by atoms with Gasteiger partial charge < -0.3 is 0 Å². The molecule has 2 saturated carbocycles. The SMILES string of the molecule is CC(=O)[C]1[CH][CH][CH][CH]1.CC(=O)[C]1[CH][CH][CH][CH]1.[Ru+2]. The fourth-order valence-electron chi connectivity index (χ4n) is 1.22. The van der Waals surface area contributed by atoms with Gasteiger partial charge in [-0.3, -0.25) is 9.59 Å². The van der Waals surface area contributed by atoms with E-state index in [1.54, 1.807) is 13.8 Å². The first-order valence-corrected chi connectivity index (χ1v) is 5.06. The predicted molar refractivity (Wildman–Crippen MR) is 62.2 cm³/mol. The number of Topliss-reactive ketones (excluding diaryl/α,β-unsaturated/α-hetero) is 2. The molecule has 88 valence electrons. The van der Waals surface area contributed by atoms with Crippen molar-refractivity contribution in [2.75, 3.05) is 0 Å². The molecule has 17 heavy (non-hydrogen) atoms. The summed E-state index contributed by atoms with van der Waals surface area (Å²) in [5.41, 5.74) is 0. The zero-order valence-electron chi connectivity index (χ0n) is 9.79. The van der Waals surface area contributed by atoms with Crippen LogP contribution < -0.4 is 0 Å². The topological polar surface area (TPSA) is 34.1 Å². The summed E-state index contributed by atoms with van der Waals surface area (Å²) in [4.78, 5) is 21.0. The van der Waals surface area contributed by atoms with E-state index in [0.717, 1.165) is 11.8 Å². The molecule has 0 N–H and O–H groups in total. The Morgan fingerprint density at radius 1 is 0.706 bits per heavy atom. The number of hydrogen-bond donors (Lipinski definition) is 0. The first-order valence-electron chi connectivity index (χ1n) is 5.06. The van der Waals surface area contributed by atoms with E-state index >= 15 is 0 Å². The van der Waals surface area contributed by atoms with E-state index in [4.69, 9.17) is 0 Å². The molecular formula is C14H14O2Ru+2. The molecule has 10 radical (unpaired) electrons. The summed E-state index contributed by atoms with van der Waals surface area (Å²) < 4.78 is 0. The van der Waals surface area contributed by atoms with Crippen LogP contribution in [0.15, 0.2) is 0 Å². The van der Waals surface area contributed by atoms with Crippen molar-refractivity contribution in [3.63, 3.8) is 0 Å². The third-order valence-electron chi connectivity index (χ3n) is 2.14. The van der Waals surface area contributed by atoms with E-state index in [1.807, 2.05) is 51.4 Å². The molecule has 0 aromatic rings. The molecule has 3 heteroatoms. The minimum atomic E-state index is 0. The Kier molecular flexibility index (Phi) is 8.95. The predicted octanol–water partition coefficient (Wildman–Crippen LogP) is 1.96. The van der Waals surface area contributed by atoms with E-state index in [9.17, 15) is 9.59 Å². The number of carbonyl (C=O) groups excluding carboxylic acids is 2. The van der Waals surface area contributed by atoms with Crippen molar-refractivity contribution in [2.45, 2.75) is 13.8 Å². The third kappa shape index (κ3) is 6.45. The fraction of sp³-hybridized carbons (Fsp3) is 0.143. The Balaban J connectivity index is 0.000000284. The molecule has 0 aromatic heterocycles. The monoisotopic (exact) mass is 316 g/mol. The van der Waals surface area contributed by atoms with Crippen LogP contribution >= 0.6 is 0 Å². The number of rotatable bonds is 2. The van der Waals surface area contributed by atoms with Gasteiger partial charge in [-0.2, -0.15) is 0 Å². The normalized spacial score (nSPS) is 20.4. The molecular weight excluding hydrogens is 301 g/mol. The molecule has 0 aromatic carbocycles. The molecule has 2 rings (SSSR count). The van der Waals surface area contributed by atoms with Crippen LogP contribution in [-0.2, 0) is 29.1 Å². The second-order valence-corrected chi connectivity index (χ2v) is 3.46. The summed E-state index contributed by atoms with van der Waals surface area (Å²) >= 11 is 0. The molecule has 0 bridgehead atoms. The molecule has 2 fully saturated rings. The molecule has 2 nitrogen and oxygen atoms in total. The molecule has 0 atom stereocenters. The summed E-state index contributed by atoms with van der Waals surface area (Å²) in [6.45, 7) is 3.13. The van der Waals surface area contributed by atoms with Crippen LogP contribution in [0.3, 0.4) is 0 Å². The maximum atomic E-state index is 10.5. The van der Waals surface area contributed by atoms with E-state index in [1.165, 1.54) is 0 Å². The zero-order chi connectivity index (χ0) is 12.0. The van der Waals surface area contributed by atoms with Crippen molar-refractivity contribution in [1.82, 2.24) is 0 Å². The van der Waals surface area contributed by atoms with Crippen LogP contribution in [0.5, 0.6) is 0 Å². The van der Waals surface area contributed by atoms with Crippen LogP contribution in [0.25, 0.3) is 0 Å². The molecule has 0 heterocycles. The van der Waals surface area contributed by atoms with Gasteiger partial charge in [-0.15, -0.1) is 0 Å². The fourth-order valence-corrected chi connectivity index (χ4v) is 1.22. The molecule has 2 aliphatic rings. The maximum absolute atomic E-state index is 10.5. The van der Waals surface area contributed by atoms with Gasteiger partial charge in [0.25, 0.3) is 0 Å². The Bertz CT molecular complexity index is 213.